The molecule has 1 fully saturated rings. The molecule has 5 nitrogen and oxygen atoms in total. The van der Waals surface area contributed by atoms with Gasteiger partial charge in [0.05, 0.1) is 11.9 Å². The van der Waals surface area contributed by atoms with Crippen LogP contribution >= 0.6 is 10.1 Å². The van der Waals surface area contributed by atoms with E-state index in [0.29, 0.717) is 0 Å². The number of rotatable bonds is 2. The summed E-state index contributed by atoms with van der Waals surface area (Å²) in [6, 6.07) is 0. The average Bonchev–Trinajstić information content (AvgIpc) is 2.84. The van der Waals surface area contributed by atoms with Crippen molar-refractivity contribution in [3.8, 4) is 0 Å². The molecule has 0 saturated carbocycles. The molecule has 1 aliphatic heterocycles. The van der Waals surface area contributed by atoms with Crippen LogP contribution in [0.2, 0.25) is 0 Å². The second-order valence-corrected chi connectivity index (χ2v) is 5.05. The van der Waals surface area contributed by atoms with Crippen LogP contribution in [0.15, 0.2) is 23.7 Å². The molecule has 1 saturated heterocycles. The zero-order chi connectivity index (χ0) is 15.5. The molecule has 0 aliphatic carbocycles. The second-order valence-electron chi connectivity index (χ2n) is 4.62. The van der Waals surface area contributed by atoms with Gasteiger partial charge in [-0.05, 0) is 19.8 Å². The SMILES string of the molecule is CC(=NNC(=[SH+])N1CCCCCC1)c1cnccn1.[Cl][Cu]. The first-order valence-corrected chi connectivity index (χ1v) is 8.50. The van der Waals surface area contributed by atoms with Crippen LogP contribution in [0.1, 0.15) is 38.3 Å². The zero-order valence-corrected chi connectivity index (χ0v) is 14.5. The fourth-order valence-corrected chi connectivity index (χ4v) is 2.28. The molecular formula is C13H20ClCuN5S+. The Morgan fingerprint density at radius 3 is 2.52 bits per heavy atom. The minimum atomic E-state index is 0.770. The first kappa shape index (κ1) is 18.5. The van der Waals surface area contributed by atoms with Crippen molar-refractivity contribution in [3.63, 3.8) is 0 Å². The average molecular weight is 377 g/mol. The summed E-state index contributed by atoms with van der Waals surface area (Å²) in [7, 11) is 4.20. The van der Waals surface area contributed by atoms with E-state index in [1.54, 1.807) is 18.6 Å². The summed E-state index contributed by atoms with van der Waals surface area (Å²) < 4.78 is 0. The van der Waals surface area contributed by atoms with Gasteiger partial charge in [0.1, 0.15) is 5.69 Å². The van der Waals surface area contributed by atoms with Gasteiger partial charge in [-0.25, -0.2) is 10.3 Å². The number of halogens is 1. The van der Waals surface area contributed by atoms with Crippen molar-refractivity contribution < 1.29 is 15.1 Å². The molecular weight excluding hydrogens is 357 g/mol. The summed E-state index contributed by atoms with van der Waals surface area (Å²) in [6.45, 7) is 4.00. The van der Waals surface area contributed by atoms with E-state index in [2.05, 4.69) is 62.8 Å². The van der Waals surface area contributed by atoms with E-state index in [4.69, 9.17) is 0 Å². The Kier molecular flexibility index (Phi) is 9.70. The minimum absolute atomic E-state index is 0.770. The van der Waals surface area contributed by atoms with Crippen molar-refractivity contribution in [2.45, 2.75) is 32.6 Å². The van der Waals surface area contributed by atoms with E-state index in [1.807, 2.05) is 6.92 Å². The first-order chi connectivity index (χ1) is 10.3. The molecule has 0 aromatic carbocycles. The van der Waals surface area contributed by atoms with Crippen molar-refractivity contribution in [2.75, 3.05) is 13.1 Å². The molecule has 120 valence electrons. The summed E-state index contributed by atoms with van der Waals surface area (Å²) in [5.74, 6) is 0. The summed E-state index contributed by atoms with van der Waals surface area (Å²) in [4.78, 5) is 10.5. The maximum absolute atomic E-state index is 4.50. The number of nitrogens with zero attached hydrogens (tertiary/aromatic N) is 4. The molecule has 2 heterocycles. The number of aromatic nitrogens is 2. The first-order valence-electron chi connectivity index (χ1n) is 6.76. The summed E-state index contributed by atoms with van der Waals surface area (Å²) >= 11 is 8.16. The molecule has 0 atom stereocenters. The molecule has 1 N–H and O–H groups in total. The van der Waals surface area contributed by atoms with Crippen molar-refractivity contribution in [1.82, 2.24) is 20.3 Å². The Hall–Kier alpha value is -0.591. The van der Waals surface area contributed by atoms with Gasteiger partial charge in [-0.2, -0.15) is 5.10 Å². The van der Waals surface area contributed by atoms with Crippen molar-refractivity contribution in [1.29, 1.82) is 0 Å². The number of thiol groups is 1. The van der Waals surface area contributed by atoms with Gasteiger partial charge in [-0.3, -0.25) is 9.97 Å². The van der Waals surface area contributed by atoms with Crippen molar-refractivity contribution in [3.05, 3.63) is 24.3 Å². The Labute approximate surface area is 143 Å². The van der Waals surface area contributed by atoms with Gasteiger partial charge in [0.15, 0.2) is 0 Å². The van der Waals surface area contributed by atoms with Gasteiger partial charge in [0.25, 0.3) is 0 Å². The quantitative estimate of drug-likeness (QED) is 0.213. The number of hydrogen-bond donors (Lipinski definition) is 1. The Morgan fingerprint density at radius 1 is 1.29 bits per heavy atom. The number of hydrazone groups is 1. The van der Waals surface area contributed by atoms with Crippen LogP contribution in [-0.4, -0.2) is 38.8 Å². The van der Waals surface area contributed by atoms with E-state index < -0.39 is 0 Å². The Bertz CT molecular complexity index is 449. The maximum atomic E-state index is 4.50. The third kappa shape index (κ3) is 6.80. The molecule has 0 radical (unpaired) electrons. The topological polar surface area (TPSA) is 53.4 Å². The van der Waals surface area contributed by atoms with Crippen LogP contribution in [0.5, 0.6) is 0 Å². The third-order valence-electron chi connectivity index (χ3n) is 3.16. The van der Waals surface area contributed by atoms with Gasteiger partial charge >= 0.3 is 30.3 Å². The molecule has 2 rings (SSSR count). The standard InChI is InChI=1S/C13H19N5S.ClH.Cu/c1-11(12-10-14-6-7-15-12)16-17-13(19)18-8-4-2-3-5-9-18;;/h6-7,10H,2-5,8-9H2,1H3,(H,17,19);1H;/q;;+1. The molecule has 0 bridgehead atoms. The summed E-state index contributed by atoms with van der Waals surface area (Å²) in [5.41, 5.74) is 4.58. The molecule has 1 aromatic heterocycles. The molecule has 1 aromatic rings. The predicted molar refractivity (Wildman–Crippen MR) is 87.0 cm³/mol. The van der Waals surface area contributed by atoms with Crippen LogP contribution in [0.4, 0.5) is 0 Å². The van der Waals surface area contributed by atoms with Crippen LogP contribution < -0.4 is 5.43 Å². The summed E-state index contributed by atoms with van der Waals surface area (Å²) in [5, 5.41) is 5.12. The Morgan fingerprint density at radius 2 is 1.95 bits per heavy atom. The number of nitrogens with one attached hydrogen (secondary N) is 1. The van der Waals surface area contributed by atoms with E-state index in [0.717, 1.165) is 29.6 Å². The van der Waals surface area contributed by atoms with Crippen molar-refractivity contribution >= 4 is 33.1 Å². The molecule has 0 amide bonds. The van der Waals surface area contributed by atoms with Gasteiger partial charge in [0, 0.05) is 25.5 Å². The molecule has 0 unspecified atom stereocenters. The van der Waals surface area contributed by atoms with E-state index in [1.165, 1.54) is 25.7 Å². The van der Waals surface area contributed by atoms with Gasteiger partial charge < -0.3 is 0 Å². The number of likely N-dealkylation sites (tertiary alicyclic amines) is 1. The third-order valence-corrected chi connectivity index (χ3v) is 3.55. The Balaban J connectivity index is 0.00000106. The van der Waals surface area contributed by atoms with Crippen LogP contribution in [0.3, 0.4) is 0 Å². The molecule has 8 heteroatoms. The normalized spacial score (nSPS) is 16.5. The second kappa shape index (κ2) is 11.0. The molecule has 0 spiro atoms. The predicted octanol–water partition coefficient (Wildman–Crippen LogP) is 1.72. The van der Waals surface area contributed by atoms with E-state index >= 15 is 0 Å². The van der Waals surface area contributed by atoms with Gasteiger partial charge in [-0.1, -0.05) is 12.8 Å². The number of hydrogen-bond acceptors (Lipinski definition) is 3. The van der Waals surface area contributed by atoms with Gasteiger partial charge in [0.2, 0.25) is 12.2 Å². The fraction of sp³-hybridized carbons (Fsp3) is 0.538. The zero-order valence-electron chi connectivity index (χ0n) is 11.9. The summed E-state index contributed by atoms with van der Waals surface area (Å²) in [6.07, 6.45) is 10.1. The van der Waals surface area contributed by atoms with Crippen molar-refractivity contribution in [2.24, 2.45) is 5.10 Å². The fourth-order valence-electron chi connectivity index (χ4n) is 2.03. The molecule has 1 aliphatic rings. The van der Waals surface area contributed by atoms with E-state index in [9.17, 15) is 0 Å². The monoisotopic (exact) mass is 376 g/mol. The van der Waals surface area contributed by atoms with E-state index in [-0.39, 0.29) is 0 Å². The van der Waals surface area contributed by atoms with Crippen LogP contribution in [0.25, 0.3) is 0 Å². The van der Waals surface area contributed by atoms with Crippen LogP contribution in [0, 0.1) is 0 Å². The molecule has 21 heavy (non-hydrogen) atoms. The van der Waals surface area contributed by atoms with Crippen LogP contribution in [-0.2, 0) is 27.3 Å². The van der Waals surface area contributed by atoms with Gasteiger partial charge in [-0.15, -0.1) is 0 Å².